The molecule has 5 heteroatoms. The zero-order valence-electron chi connectivity index (χ0n) is 15.5. The Bertz CT molecular complexity index is 897. The first-order valence-electron chi connectivity index (χ1n) is 8.78. The van der Waals surface area contributed by atoms with Crippen molar-refractivity contribution in [2.45, 2.75) is 18.9 Å². The molecular formula is C22H22N2O3. The van der Waals surface area contributed by atoms with Crippen molar-refractivity contribution in [3.8, 4) is 11.5 Å². The van der Waals surface area contributed by atoms with E-state index < -0.39 is 6.04 Å². The van der Waals surface area contributed by atoms with Crippen LogP contribution in [0.5, 0.6) is 11.5 Å². The third kappa shape index (κ3) is 4.31. The molecule has 1 aromatic heterocycles. The van der Waals surface area contributed by atoms with Gasteiger partial charge in [-0.2, -0.15) is 0 Å². The molecule has 5 nitrogen and oxygen atoms in total. The van der Waals surface area contributed by atoms with Gasteiger partial charge in [-0.15, -0.1) is 4.91 Å². The van der Waals surface area contributed by atoms with Crippen LogP contribution in [0.25, 0.3) is 0 Å². The number of aryl methyl sites for hydroxylation is 2. The molecule has 0 aliphatic rings. The van der Waals surface area contributed by atoms with Gasteiger partial charge >= 0.3 is 0 Å². The summed E-state index contributed by atoms with van der Waals surface area (Å²) < 4.78 is 10.8. The zero-order chi connectivity index (χ0) is 19.1. The number of rotatable bonds is 8. The molecule has 0 spiro atoms. The summed E-state index contributed by atoms with van der Waals surface area (Å²) in [6, 6.07) is 16.8. The molecule has 3 rings (SSSR count). The van der Waals surface area contributed by atoms with Crippen LogP contribution in [-0.2, 0) is 12.8 Å². The van der Waals surface area contributed by atoms with Gasteiger partial charge in [-0.3, -0.25) is 4.98 Å². The zero-order valence-corrected chi connectivity index (χ0v) is 15.5. The topological polar surface area (TPSA) is 60.8 Å². The minimum absolute atomic E-state index is 0.567. The molecule has 2 aromatic carbocycles. The summed E-state index contributed by atoms with van der Waals surface area (Å²) in [5, 5.41) is 3.37. The van der Waals surface area contributed by atoms with E-state index in [1.165, 1.54) is 0 Å². The van der Waals surface area contributed by atoms with Crippen molar-refractivity contribution in [2.24, 2.45) is 5.18 Å². The van der Waals surface area contributed by atoms with Crippen molar-refractivity contribution in [3.63, 3.8) is 0 Å². The molecule has 0 aliphatic heterocycles. The van der Waals surface area contributed by atoms with Crippen LogP contribution in [0, 0.1) is 4.91 Å². The molecule has 1 atom stereocenters. The predicted molar refractivity (Wildman–Crippen MR) is 105 cm³/mol. The highest BCUT2D eigenvalue weighted by atomic mass is 16.5. The van der Waals surface area contributed by atoms with Gasteiger partial charge in [-0.1, -0.05) is 35.5 Å². The molecule has 27 heavy (non-hydrogen) atoms. The number of aromatic nitrogens is 1. The van der Waals surface area contributed by atoms with Gasteiger partial charge in [0.2, 0.25) is 0 Å². The SMILES string of the molecule is COc1ccc(OC)c(CCc2ccccc2C(N=O)c2cccnc2)c1. The van der Waals surface area contributed by atoms with Crippen molar-refractivity contribution >= 4 is 0 Å². The maximum atomic E-state index is 11.6. The lowest BCUT2D eigenvalue weighted by Gasteiger charge is -2.16. The van der Waals surface area contributed by atoms with Crippen LogP contribution < -0.4 is 9.47 Å². The highest BCUT2D eigenvalue weighted by Gasteiger charge is 2.18. The second-order valence-corrected chi connectivity index (χ2v) is 6.17. The van der Waals surface area contributed by atoms with Crippen LogP contribution >= 0.6 is 0 Å². The average molecular weight is 362 g/mol. The van der Waals surface area contributed by atoms with E-state index in [2.05, 4.69) is 10.2 Å². The number of nitroso groups, excluding NO2 is 1. The molecule has 0 saturated heterocycles. The Morgan fingerprint density at radius 3 is 2.48 bits per heavy atom. The average Bonchev–Trinajstić information content (AvgIpc) is 2.74. The summed E-state index contributed by atoms with van der Waals surface area (Å²) in [5.41, 5.74) is 3.83. The largest absolute Gasteiger partial charge is 0.497 e. The summed E-state index contributed by atoms with van der Waals surface area (Å²) in [7, 11) is 3.31. The van der Waals surface area contributed by atoms with Gasteiger partial charge in [0, 0.05) is 18.0 Å². The Balaban J connectivity index is 1.88. The van der Waals surface area contributed by atoms with Crippen molar-refractivity contribution in [2.75, 3.05) is 14.2 Å². The second-order valence-electron chi connectivity index (χ2n) is 6.17. The van der Waals surface area contributed by atoms with Gasteiger partial charge in [0.25, 0.3) is 0 Å². The van der Waals surface area contributed by atoms with E-state index in [-0.39, 0.29) is 0 Å². The fraction of sp³-hybridized carbons (Fsp3) is 0.227. The Morgan fingerprint density at radius 2 is 1.78 bits per heavy atom. The Labute approximate surface area is 159 Å². The summed E-state index contributed by atoms with van der Waals surface area (Å²) in [4.78, 5) is 15.7. The molecule has 0 fully saturated rings. The summed E-state index contributed by atoms with van der Waals surface area (Å²) >= 11 is 0. The summed E-state index contributed by atoms with van der Waals surface area (Å²) in [6.07, 6.45) is 4.89. The number of benzene rings is 2. The number of nitrogens with zero attached hydrogens (tertiary/aromatic N) is 2. The van der Waals surface area contributed by atoms with Crippen LogP contribution in [-0.4, -0.2) is 19.2 Å². The molecule has 0 bridgehead atoms. The monoisotopic (exact) mass is 362 g/mol. The van der Waals surface area contributed by atoms with Crippen LogP contribution in [0.15, 0.2) is 72.2 Å². The van der Waals surface area contributed by atoms with Crippen LogP contribution in [0.4, 0.5) is 0 Å². The normalized spacial score (nSPS) is 11.6. The van der Waals surface area contributed by atoms with Crippen molar-refractivity contribution in [1.82, 2.24) is 4.98 Å². The first-order valence-corrected chi connectivity index (χ1v) is 8.78. The maximum Gasteiger partial charge on any atom is 0.144 e. The van der Waals surface area contributed by atoms with E-state index in [1.807, 2.05) is 54.6 Å². The first kappa shape index (κ1) is 18.6. The molecule has 0 aliphatic carbocycles. The number of methoxy groups -OCH3 is 2. The third-order valence-corrected chi connectivity index (χ3v) is 4.61. The van der Waals surface area contributed by atoms with Gasteiger partial charge < -0.3 is 9.47 Å². The van der Waals surface area contributed by atoms with Crippen LogP contribution in [0.1, 0.15) is 28.3 Å². The highest BCUT2D eigenvalue weighted by molar-refractivity contribution is 5.42. The second kappa shape index (κ2) is 8.94. The van der Waals surface area contributed by atoms with E-state index in [9.17, 15) is 4.91 Å². The van der Waals surface area contributed by atoms with Gasteiger partial charge in [0.15, 0.2) is 0 Å². The fourth-order valence-corrected chi connectivity index (χ4v) is 3.21. The molecule has 0 N–H and O–H groups in total. The molecule has 0 amide bonds. The first-order chi connectivity index (χ1) is 13.3. The maximum absolute atomic E-state index is 11.6. The van der Waals surface area contributed by atoms with Gasteiger partial charge in [0.1, 0.15) is 17.5 Å². The van der Waals surface area contributed by atoms with E-state index >= 15 is 0 Å². The Hall–Kier alpha value is -3.21. The standard InChI is InChI=1S/C22H22N2O3/c1-26-19-11-12-21(27-2)17(14-19)10-9-16-6-3-4-8-20(16)22(24-25)18-7-5-13-23-15-18/h3-8,11-15,22H,9-10H2,1-2H3. The number of pyridine rings is 1. The Kier molecular flexibility index (Phi) is 6.15. The van der Waals surface area contributed by atoms with E-state index in [1.54, 1.807) is 26.6 Å². The fourth-order valence-electron chi connectivity index (χ4n) is 3.21. The third-order valence-electron chi connectivity index (χ3n) is 4.61. The van der Waals surface area contributed by atoms with Crippen molar-refractivity contribution in [1.29, 1.82) is 0 Å². The quantitative estimate of drug-likeness (QED) is 0.543. The van der Waals surface area contributed by atoms with Gasteiger partial charge in [-0.05, 0) is 53.8 Å². The Morgan fingerprint density at radius 1 is 0.963 bits per heavy atom. The van der Waals surface area contributed by atoms with Crippen LogP contribution in [0.3, 0.4) is 0 Å². The van der Waals surface area contributed by atoms with Crippen molar-refractivity contribution < 1.29 is 9.47 Å². The molecule has 0 saturated carbocycles. The number of hydrogen-bond donors (Lipinski definition) is 0. The van der Waals surface area contributed by atoms with E-state index in [4.69, 9.17) is 9.47 Å². The predicted octanol–water partition coefficient (Wildman–Crippen LogP) is 4.74. The molecule has 0 radical (unpaired) electrons. The van der Waals surface area contributed by atoms with Crippen LogP contribution in [0.2, 0.25) is 0 Å². The minimum Gasteiger partial charge on any atom is -0.497 e. The molecule has 1 unspecified atom stereocenters. The molecule has 3 aromatic rings. The van der Waals surface area contributed by atoms with Gasteiger partial charge in [0.05, 0.1) is 14.2 Å². The molecular weight excluding hydrogens is 340 g/mol. The summed E-state index contributed by atoms with van der Waals surface area (Å²) in [6.45, 7) is 0. The highest BCUT2D eigenvalue weighted by Crippen LogP contribution is 2.30. The lowest BCUT2D eigenvalue weighted by Crippen LogP contribution is -2.04. The van der Waals surface area contributed by atoms with E-state index in [0.717, 1.165) is 46.6 Å². The lowest BCUT2D eigenvalue weighted by atomic mass is 9.92. The number of ether oxygens (including phenoxy) is 2. The molecule has 1 heterocycles. The lowest BCUT2D eigenvalue weighted by molar-refractivity contribution is 0.398. The van der Waals surface area contributed by atoms with E-state index in [0.29, 0.717) is 0 Å². The van der Waals surface area contributed by atoms with Crippen molar-refractivity contribution in [3.05, 3.63) is 94.2 Å². The minimum atomic E-state index is -0.567. The number of hydrogen-bond acceptors (Lipinski definition) is 5. The smallest absolute Gasteiger partial charge is 0.144 e. The molecule has 138 valence electrons. The van der Waals surface area contributed by atoms with Gasteiger partial charge in [-0.25, -0.2) is 0 Å². The summed E-state index contributed by atoms with van der Waals surface area (Å²) in [5.74, 6) is 1.62.